The van der Waals surface area contributed by atoms with E-state index in [1.807, 2.05) is 25.1 Å². The number of hydrogen-bond acceptors (Lipinski definition) is 6. The fourth-order valence-electron chi connectivity index (χ4n) is 4.59. The van der Waals surface area contributed by atoms with Crippen LogP contribution in [0.25, 0.3) is 0 Å². The number of nitro groups is 1. The molecule has 2 aliphatic rings. The van der Waals surface area contributed by atoms with E-state index >= 15 is 0 Å². The average molecular weight is 405 g/mol. The number of nitriles is 1. The molecule has 0 aliphatic carbocycles. The number of non-ortho nitro benzene ring substituents is 1. The lowest BCUT2D eigenvalue weighted by atomic mass is 9.83. The highest BCUT2D eigenvalue weighted by Gasteiger charge is 2.42. The molecule has 1 amide bonds. The summed E-state index contributed by atoms with van der Waals surface area (Å²) >= 11 is 0. The van der Waals surface area contributed by atoms with E-state index in [2.05, 4.69) is 21.2 Å². The molecular weight excluding hydrogens is 382 g/mol. The van der Waals surface area contributed by atoms with Crippen LogP contribution in [0, 0.1) is 27.4 Å². The van der Waals surface area contributed by atoms with Gasteiger partial charge in [-0.3, -0.25) is 14.9 Å². The molecule has 0 bridgehead atoms. The molecule has 0 saturated carbocycles. The number of hydrogen-bond donors (Lipinski definition) is 1. The fraction of sp³-hybridized carbons (Fsp3) is 0.364. The van der Waals surface area contributed by atoms with Gasteiger partial charge in [0.1, 0.15) is 6.07 Å². The predicted molar refractivity (Wildman–Crippen MR) is 113 cm³/mol. The first-order valence-corrected chi connectivity index (χ1v) is 10.1. The Bertz CT molecular complexity index is 1030. The topological polar surface area (TPSA) is 103 Å². The van der Waals surface area contributed by atoms with Crippen molar-refractivity contribution in [2.75, 3.05) is 36.0 Å². The van der Waals surface area contributed by atoms with Crippen LogP contribution in [-0.4, -0.2) is 43.1 Å². The average Bonchev–Trinajstić information content (AvgIpc) is 2.77. The molecule has 1 saturated heterocycles. The molecule has 8 heteroatoms. The van der Waals surface area contributed by atoms with E-state index in [1.54, 1.807) is 18.2 Å². The lowest BCUT2D eigenvalue weighted by Gasteiger charge is -2.49. The standard InChI is InChI=1S/C22H23N5O3/c1-2-24-22(28)18-12-16-11-17(27(29)30)7-8-20(16)26-10-9-25(14-21(18)26)19-6-4-3-5-15(19)13-23/h3-8,11,18,21H,2,9-10,12,14H2,1H3,(H,24,28)/t18-,21-/m1/s1. The van der Waals surface area contributed by atoms with E-state index in [9.17, 15) is 20.2 Å². The van der Waals surface area contributed by atoms with Gasteiger partial charge in [0, 0.05) is 44.0 Å². The lowest BCUT2D eigenvalue weighted by Crippen LogP contribution is -2.61. The molecule has 2 aromatic rings. The Morgan fingerprint density at radius 3 is 2.80 bits per heavy atom. The Hall–Kier alpha value is -3.60. The molecule has 154 valence electrons. The van der Waals surface area contributed by atoms with Crippen molar-refractivity contribution < 1.29 is 9.72 Å². The third kappa shape index (κ3) is 3.43. The number of carbonyl (C=O) groups excluding carboxylic acids is 1. The van der Waals surface area contributed by atoms with Crippen LogP contribution in [0.5, 0.6) is 0 Å². The molecule has 2 heterocycles. The Kier molecular flexibility index (Phi) is 5.27. The van der Waals surface area contributed by atoms with Gasteiger partial charge in [0.25, 0.3) is 5.69 Å². The Balaban J connectivity index is 1.71. The van der Waals surface area contributed by atoms with Gasteiger partial charge < -0.3 is 15.1 Å². The summed E-state index contributed by atoms with van der Waals surface area (Å²) in [5.74, 6) is -0.364. The maximum Gasteiger partial charge on any atom is 0.269 e. The number of fused-ring (bicyclic) bond motifs is 3. The van der Waals surface area contributed by atoms with E-state index in [4.69, 9.17) is 0 Å². The van der Waals surface area contributed by atoms with Crippen molar-refractivity contribution >= 4 is 23.0 Å². The molecule has 0 radical (unpaired) electrons. The number of carbonyl (C=O) groups is 1. The van der Waals surface area contributed by atoms with Gasteiger partial charge in [0.2, 0.25) is 5.91 Å². The monoisotopic (exact) mass is 405 g/mol. The zero-order valence-electron chi connectivity index (χ0n) is 16.7. The van der Waals surface area contributed by atoms with E-state index in [0.29, 0.717) is 38.2 Å². The lowest BCUT2D eigenvalue weighted by molar-refractivity contribution is -0.384. The van der Waals surface area contributed by atoms with E-state index < -0.39 is 4.92 Å². The van der Waals surface area contributed by atoms with Crippen molar-refractivity contribution in [3.63, 3.8) is 0 Å². The number of para-hydroxylation sites is 1. The molecule has 2 atom stereocenters. The molecule has 30 heavy (non-hydrogen) atoms. The molecule has 0 aromatic heterocycles. The van der Waals surface area contributed by atoms with E-state index in [0.717, 1.165) is 16.9 Å². The highest BCUT2D eigenvalue weighted by molar-refractivity contribution is 5.82. The van der Waals surface area contributed by atoms with Crippen molar-refractivity contribution in [3.8, 4) is 6.07 Å². The molecule has 0 spiro atoms. The number of nitrogens with one attached hydrogen (secondary N) is 1. The van der Waals surface area contributed by atoms with Crippen LogP contribution in [0.15, 0.2) is 42.5 Å². The second kappa shape index (κ2) is 8.03. The minimum atomic E-state index is -0.399. The highest BCUT2D eigenvalue weighted by Crippen LogP contribution is 2.39. The van der Waals surface area contributed by atoms with Crippen molar-refractivity contribution in [1.29, 1.82) is 5.26 Å². The minimum Gasteiger partial charge on any atom is -0.367 e. The van der Waals surface area contributed by atoms with Gasteiger partial charge in [-0.1, -0.05) is 12.1 Å². The van der Waals surface area contributed by atoms with Crippen molar-refractivity contribution in [3.05, 3.63) is 63.7 Å². The summed E-state index contributed by atoms with van der Waals surface area (Å²) in [6, 6.07) is 14.6. The Morgan fingerprint density at radius 2 is 2.07 bits per heavy atom. The largest absolute Gasteiger partial charge is 0.367 e. The zero-order valence-corrected chi connectivity index (χ0v) is 16.7. The summed E-state index contributed by atoms with van der Waals surface area (Å²) in [6.45, 7) is 4.40. The van der Waals surface area contributed by atoms with Gasteiger partial charge >= 0.3 is 0 Å². The van der Waals surface area contributed by atoms with Crippen LogP contribution in [0.4, 0.5) is 17.1 Å². The minimum absolute atomic E-state index is 0.0416. The van der Waals surface area contributed by atoms with Crippen molar-refractivity contribution in [1.82, 2.24) is 5.32 Å². The number of benzene rings is 2. The van der Waals surface area contributed by atoms with Gasteiger partial charge in [0.05, 0.1) is 28.1 Å². The summed E-state index contributed by atoms with van der Waals surface area (Å²) in [5, 5.41) is 23.6. The summed E-state index contributed by atoms with van der Waals surface area (Å²) < 4.78 is 0. The Labute approximate surface area is 174 Å². The van der Waals surface area contributed by atoms with Gasteiger partial charge in [-0.2, -0.15) is 5.26 Å². The van der Waals surface area contributed by atoms with Crippen LogP contribution < -0.4 is 15.1 Å². The molecule has 1 N–H and O–H groups in total. The molecule has 0 unspecified atom stereocenters. The van der Waals surface area contributed by atoms with Crippen LogP contribution in [-0.2, 0) is 11.2 Å². The molecule has 8 nitrogen and oxygen atoms in total. The number of rotatable bonds is 4. The molecule has 1 fully saturated rings. The van der Waals surface area contributed by atoms with Gasteiger partial charge in [-0.05, 0) is 37.1 Å². The third-order valence-corrected chi connectivity index (χ3v) is 5.96. The first-order chi connectivity index (χ1) is 14.5. The van der Waals surface area contributed by atoms with E-state index in [1.165, 1.54) is 6.07 Å². The van der Waals surface area contributed by atoms with Crippen LogP contribution in [0.1, 0.15) is 18.1 Å². The zero-order chi connectivity index (χ0) is 21.3. The summed E-state index contributed by atoms with van der Waals surface area (Å²) in [5.41, 5.74) is 3.33. The second-order valence-electron chi connectivity index (χ2n) is 7.61. The normalized spacial score (nSPS) is 20.0. The molecule has 4 rings (SSSR count). The maximum absolute atomic E-state index is 12.9. The van der Waals surface area contributed by atoms with Gasteiger partial charge in [-0.15, -0.1) is 0 Å². The van der Waals surface area contributed by atoms with E-state index in [-0.39, 0.29) is 23.6 Å². The molecule has 2 aliphatic heterocycles. The Morgan fingerprint density at radius 1 is 1.27 bits per heavy atom. The number of piperazine rings is 1. The van der Waals surface area contributed by atoms with Gasteiger partial charge in [-0.25, -0.2) is 0 Å². The first kappa shape index (κ1) is 19.7. The second-order valence-corrected chi connectivity index (χ2v) is 7.61. The number of nitro benzene ring substituents is 1. The third-order valence-electron chi connectivity index (χ3n) is 5.96. The molecule has 2 aromatic carbocycles. The molecular formula is C22H23N5O3. The SMILES string of the molecule is CCNC(=O)[C@@H]1Cc2cc([N+](=O)[O-])ccc2N2CCN(c3ccccc3C#N)C[C@H]12. The predicted octanol–water partition coefficient (Wildman–Crippen LogP) is 2.47. The number of nitrogens with zero attached hydrogens (tertiary/aromatic N) is 4. The van der Waals surface area contributed by atoms with Crippen LogP contribution in [0.2, 0.25) is 0 Å². The van der Waals surface area contributed by atoms with Gasteiger partial charge in [0.15, 0.2) is 0 Å². The first-order valence-electron chi connectivity index (χ1n) is 10.1. The number of amides is 1. The van der Waals surface area contributed by atoms with Crippen LogP contribution >= 0.6 is 0 Å². The highest BCUT2D eigenvalue weighted by atomic mass is 16.6. The summed E-state index contributed by atoms with van der Waals surface area (Å²) in [4.78, 5) is 28.1. The maximum atomic E-state index is 12.9. The van der Waals surface area contributed by atoms with Crippen molar-refractivity contribution in [2.24, 2.45) is 5.92 Å². The smallest absolute Gasteiger partial charge is 0.269 e. The number of anilines is 2. The summed E-state index contributed by atoms with van der Waals surface area (Å²) in [6.07, 6.45) is 0.456. The van der Waals surface area contributed by atoms with Crippen LogP contribution in [0.3, 0.4) is 0 Å². The quantitative estimate of drug-likeness (QED) is 0.619. The van der Waals surface area contributed by atoms with Crippen molar-refractivity contribution in [2.45, 2.75) is 19.4 Å². The summed E-state index contributed by atoms with van der Waals surface area (Å²) in [7, 11) is 0. The fourth-order valence-corrected chi connectivity index (χ4v) is 4.59.